The Morgan fingerprint density at radius 1 is 1.00 bits per heavy atom. The highest BCUT2D eigenvalue weighted by atomic mass is 16.5. The maximum atomic E-state index is 14.1. The summed E-state index contributed by atoms with van der Waals surface area (Å²) >= 11 is 0. The van der Waals surface area contributed by atoms with E-state index in [1.165, 1.54) is 6.42 Å². The highest BCUT2D eigenvalue weighted by Crippen LogP contribution is 2.28. The number of methoxy groups -OCH3 is 1. The summed E-state index contributed by atoms with van der Waals surface area (Å²) in [5, 5.41) is 11.7. The summed E-state index contributed by atoms with van der Waals surface area (Å²) in [6.45, 7) is 0.233. The zero-order valence-corrected chi connectivity index (χ0v) is 21.6. The molecule has 4 aromatic rings. The van der Waals surface area contributed by atoms with Crippen LogP contribution in [0.5, 0.6) is 5.75 Å². The van der Waals surface area contributed by atoms with E-state index in [1.54, 1.807) is 16.7 Å². The number of amides is 2. The van der Waals surface area contributed by atoms with E-state index in [2.05, 4.69) is 15.6 Å². The number of para-hydroxylation sites is 1. The largest absolute Gasteiger partial charge is 0.497 e. The quantitative estimate of drug-likeness (QED) is 0.353. The molecule has 1 aromatic heterocycles. The van der Waals surface area contributed by atoms with Gasteiger partial charge in [-0.1, -0.05) is 79.1 Å². The number of aromatic nitrogens is 3. The number of hydrogen-bond donors (Lipinski definition) is 1. The van der Waals surface area contributed by atoms with Gasteiger partial charge in [0.15, 0.2) is 0 Å². The number of hydrogen-bond acceptors (Lipinski definition) is 5. The SMILES string of the molecule is COc1cccc([C@H](C(=O)NC2CCCCC2)N(Cc2ccccc2)C(=O)Cn2nnc3ccccc32)c1. The van der Waals surface area contributed by atoms with Crippen LogP contribution < -0.4 is 10.1 Å². The number of nitrogens with zero attached hydrogens (tertiary/aromatic N) is 4. The molecule has 8 heteroatoms. The Labute approximate surface area is 222 Å². The summed E-state index contributed by atoms with van der Waals surface area (Å²) in [6, 6.07) is 23.9. The molecule has 5 rings (SSSR count). The molecule has 0 spiro atoms. The average molecular weight is 512 g/mol. The van der Waals surface area contributed by atoms with Gasteiger partial charge in [0.25, 0.3) is 0 Å². The lowest BCUT2D eigenvalue weighted by atomic mass is 9.94. The molecule has 38 heavy (non-hydrogen) atoms. The Morgan fingerprint density at radius 3 is 2.55 bits per heavy atom. The van der Waals surface area contributed by atoms with E-state index in [-0.39, 0.29) is 30.9 Å². The second-order valence-electron chi connectivity index (χ2n) is 9.77. The van der Waals surface area contributed by atoms with Crippen molar-refractivity contribution < 1.29 is 14.3 Å². The molecule has 0 aliphatic heterocycles. The molecular formula is C30H33N5O3. The van der Waals surface area contributed by atoms with Gasteiger partial charge in [0.1, 0.15) is 23.9 Å². The minimum Gasteiger partial charge on any atom is -0.497 e. The molecule has 1 fully saturated rings. The van der Waals surface area contributed by atoms with E-state index in [0.717, 1.165) is 36.8 Å². The summed E-state index contributed by atoms with van der Waals surface area (Å²) in [7, 11) is 1.60. The van der Waals surface area contributed by atoms with Crippen LogP contribution in [0.4, 0.5) is 0 Å². The number of rotatable bonds is 9. The number of carbonyl (C=O) groups excluding carboxylic acids is 2. The minimum absolute atomic E-state index is 0.0372. The Kier molecular flexibility index (Phi) is 7.97. The lowest BCUT2D eigenvalue weighted by Crippen LogP contribution is -2.47. The van der Waals surface area contributed by atoms with Crippen molar-refractivity contribution in [3.63, 3.8) is 0 Å². The van der Waals surface area contributed by atoms with E-state index >= 15 is 0 Å². The molecule has 0 saturated heterocycles. The van der Waals surface area contributed by atoms with Crippen LogP contribution in [-0.2, 0) is 22.7 Å². The summed E-state index contributed by atoms with van der Waals surface area (Å²) < 4.78 is 7.06. The van der Waals surface area contributed by atoms with Crippen LogP contribution in [0, 0.1) is 0 Å². The fourth-order valence-corrected chi connectivity index (χ4v) is 5.17. The molecule has 0 bridgehead atoms. The summed E-state index contributed by atoms with van der Waals surface area (Å²) in [5.41, 5.74) is 3.12. The van der Waals surface area contributed by atoms with Crippen LogP contribution in [0.15, 0.2) is 78.9 Å². The normalized spacial score (nSPS) is 14.7. The molecule has 2 amide bonds. The fourth-order valence-electron chi connectivity index (χ4n) is 5.17. The number of fused-ring (bicyclic) bond motifs is 1. The average Bonchev–Trinajstić information content (AvgIpc) is 3.36. The van der Waals surface area contributed by atoms with Crippen molar-refractivity contribution >= 4 is 22.8 Å². The molecular weight excluding hydrogens is 478 g/mol. The molecule has 1 aliphatic rings. The topological polar surface area (TPSA) is 89.4 Å². The summed E-state index contributed by atoms with van der Waals surface area (Å²) in [5.74, 6) is 0.223. The maximum absolute atomic E-state index is 14.1. The molecule has 1 heterocycles. The number of benzene rings is 3. The zero-order valence-electron chi connectivity index (χ0n) is 21.6. The first-order chi connectivity index (χ1) is 18.6. The third-order valence-electron chi connectivity index (χ3n) is 7.14. The van der Waals surface area contributed by atoms with E-state index in [0.29, 0.717) is 16.8 Å². The summed E-state index contributed by atoms with van der Waals surface area (Å²) in [6.07, 6.45) is 5.29. The molecule has 1 aliphatic carbocycles. The molecule has 0 radical (unpaired) electrons. The molecule has 196 valence electrons. The number of carbonyl (C=O) groups is 2. The van der Waals surface area contributed by atoms with Gasteiger partial charge in [-0.3, -0.25) is 9.59 Å². The van der Waals surface area contributed by atoms with Crippen molar-refractivity contribution in [2.75, 3.05) is 7.11 Å². The van der Waals surface area contributed by atoms with Crippen molar-refractivity contribution in [2.45, 2.75) is 57.3 Å². The lowest BCUT2D eigenvalue weighted by molar-refractivity contribution is -0.142. The van der Waals surface area contributed by atoms with Crippen molar-refractivity contribution in [1.82, 2.24) is 25.2 Å². The predicted octanol–water partition coefficient (Wildman–Crippen LogP) is 4.66. The van der Waals surface area contributed by atoms with Crippen LogP contribution in [0.2, 0.25) is 0 Å². The standard InChI is InChI=1S/C30H33N5O3/c1-38-25-16-10-13-23(19-25)29(30(37)31-24-14-6-3-7-15-24)34(20-22-11-4-2-5-12-22)28(36)21-35-27-18-9-8-17-26(27)32-33-35/h2,4-5,8-13,16-19,24,29H,3,6-7,14-15,20-21H2,1H3,(H,31,37)/t29-/m1/s1. The van der Waals surface area contributed by atoms with E-state index in [4.69, 9.17) is 4.74 Å². The summed E-state index contributed by atoms with van der Waals surface area (Å²) in [4.78, 5) is 29.7. The van der Waals surface area contributed by atoms with Crippen LogP contribution in [0.1, 0.15) is 49.3 Å². The van der Waals surface area contributed by atoms with Crippen molar-refractivity contribution in [2.24, 2.45) is 0 Å². The van der Waals surface area contributed by atoms with Gasteiger partial charge < -0.3 is 15.0 Å². The number of nitrogens with one attached hydrogen (secondary N) is 1. The second-order valence-corrected chi connectivity index (χ2v) is 9.77. The van der Waals surface area contributed by atoms with Crippen LogP contribution in [-0.4, -0.2) is 44.9 Å². The van der Waals surface area contributed by atoms with E-state index in [1.807, 2.05) is 78.9 Å². The Morgan fingerprint density at radius 2 is 1.76 bits per heavy atom. The molecule has 3 aromatic carbocycles. The second kappa shape index (κ2) is 11.9. The maximum Gasteiger partial charge on any atom is 0.247 e. The third-order valence-corrected chi connectivity index (χ3v) is 7.14. The molecule has 0 unspecified atom stereocenters. The van der Waals surface area contributed by atoms with Gasteiger partial charge in [-0.25, -0.2) is 4.68 Å². The Hall–Kier alpha value is -4.20. The van der Waals surface area contributed by atoms with Crippen molar-refractivity contribution in [3.05, 3.63) is 90.0 Å². The smallest absolute Gasteiger partial charge is 0.247 e. The van der Waals surface area contributed by atoms with Crippen LogP contribution in [0.3, 0.4) is 0 Å². The van der Waals surface area contributed by atoms with Gasteiger partial charge in [0.2, 0.25) is 11.8 Å². The first kappa shape index (κ1) is 25.4. The van der Waals surface area contributed by atoms with Gasteiger partial charge >= 0.3 is 0 Å². The van der Waals surface area contributed by atoms with Gasteiger partial charge in [-0.15, -0.1) is 5.10 Å². The van der Waals surface area contributed by atoms with Gasteiger partial charge in [-0.05, 0) is 48.2 Å². The highest BCUT2D eigenvalue weighted by molar-refractivity contribution is 5.89. The zero-order chi connectivity index (χ0) is 26.3. The van der Waals surface area contributed by atoms with Crippen LogP contribution in [0.25, 0.3) is 11.0 Å². The molecule has 1 N–H and O–H groups in total. The van der Waals surface area contributed by atoms with Gasteiger partial charge in [0, 0.05) is 12.6 Å². The van der Waals surface area contributed by atoms with E-state index < -0.39 is 6.04 Å². The Balaban J connectivity index is 1.52. The van der Waals surface area contributed by atoms with Gasteiger partial charge in [-0.2, -0.15) is 0 Å². The van der Waals surface area contributed by atoms with E-state index in [9.17, 15) is 9.59 Å². The van der Waals surface area contributed by atoms with Crippen molar-refractivity contribution in [1.29, 1.82) is 0 Å². The van der Waals surface area contributed by atoms with Crippen LogP contribution >= 0.6 is 0 Å². The first-order valence-electron chi connectivity index (χ1n) is 13.2. The lowest BCUT2D eigenvalue weighted by Gasteiger charge is -2.33. The minimum atomic E-state index is -0.838. The highest BCUT2D eigenvalue weighted by Gasteiger charge is 2.33. The first-order valence-corrected chi connectivity index (χ1v) is 13.2. The van der Waals surface area contributed by atoms with Crippen molar-refractivity contribution in [3.8, 4) is 5.75 Å². The monoisotopic (exact) mass is 511 g/mol. The third kappa shape index (κ3) is 5.85. The molecule has 1 saturated carbocycles. The number of ether oxygens (including phenoxy) is 1. The van der Waals surface area contributed by atoms with Gasteiger partial charge in [0.05, 0.1) is 12.6 Å². The fraction of sp³-hybridized carbons (Fsp3) is 0.333. The molecule has 1 atom stereocenters. The predicted molar refractivity (Wildman–Crippen MR) is 145 cm³/mol. The Bertz CT molecular complexity index is 1380. The molecule has 8 nitrogen and oxygen atoms in total.